The van der Waals surface area contributed by atoms with Crippen LogP contribution in [-0.4, -0.2) is 95.1 Å². The number of amidine groups is 1. The number of carboxylic acids is 1. The number of nitrogen functional groups attached to an aromatic ring is 1. The molecule has 10 N–H and O–H groups in total. The summed E-state index contributed by atoms with van der Waals surface area (Å²) >= 11 is 0. The Kier molecular flexibility index (Phi) is 11.8. The van der Waals surface area contributed by atoms with Crippen molar-refractivity contribution >= 4 is 59.5 Å². The van der Waals surface area contributed by atoms with E-state index in [1.807, 2.05) is 0 Å². The van der Waals surface area contributed by atoms with Gasteiger partial charge in [-0.3, -0.25) is 29.4 Å². The van der Waals surface area contributed by atoms with E-state index in [0.29, 0.717) is 16.8 Å². The quantitative estimate of drug-likeness (QED) is 0.123. The standard InChI is InChI=1S/C26H31N9O6.ClH/c27-22(28)15-1-3-16(4-2-15)24(40)32-13-20(36)35-12-11-34(14-21(37)38)25(41)19(35)9-10-31-23(39)17-5-7-18(8-6-17)33-26(29)30;/h1-8,19H,9-14H2,(H3,27,28)(H,31,39)(H,32,40)(H,37,38)(H4,29,30,33);1H/t19-;/m0./s1. The lowest BCUT2D eigenvalue weighted by molar-refractivity contribution is -0.155. The molecule has 0 bridgehead atoms. The molecule has 1 aliphatic heterocycles. The van der Waals surface area contributed by atoms with Crippen molar-refractivity contribution in [3.8, 4) is 0 Å². The second-order valence-corrected chi connectivity index (χ2v) is 9.06. The predicted octanol–water partition coefficient (Wildman–Crippen LogP) is -1.03. The Balaban J connectivity index is 0.00000616. The first kappa shape index (κ1) is 33.0. The van der Waals surface area contributed by atoms with Crippen LogP contribution < -0.4 is 27.8 Å². The molecule has 4 amide bonds. The van der Waals surface area contributed by atoms with Crippen LogP contribution in [0.3, 0.4) is 0 Å². The Morgan fingerprint density at radius 3 is 2.00 bits per heavy atom. The lowest BCUT2D eigenvalue weighted by Gasteiger charge is -2.40. The van der Waals surface area contributed by atoms with Crippen molar-refractivity contribution in [1.82, 2.24) is 20.4 Å². The molecule has 3 rings (SSSR count). The minimum absolute atomic E-state index is 0. The van der Waals surface area contributed by atoms with E-state index in [1.165, 1.54) is 41.3 Å². The van der Waals surface area contributed by atoms with E-state index in [2.05, 4.69) is 15.6 Å². The number of rotatable bonds is 11. The number of guanidine groups is 1. The smallest absolute Gasteiger partial charge is 0.323 e. The highest BCUT2D eigenvalue weighted by Gasteiger charge is 2.37. The number of halogens is 1. The summed E-state index contributed by atoms with van der Waals surface area (Å²) < 4.78 is 0. The van der Waals surface area contributed by atoms with Gasteiger partial charge >= 0.3 is 5.97 Å². The molecule has 1 saturated heterocycles. The molecule has 1 fully saturated rings. The number of hydrogen-bond acceptors (Lipinski definition) is 7. The van der Waals surface area contributed by atoms with Crippen LogP contribution in [0.5, 0.6) is 0 Å². The number of nitrogens with two attached hydrogens (primary N) is 3. The number of nitrogens with zero attached hydrogens (tertiary/aromatic N) is 3. The summed E-state index contributed by atoms with van der Waals surface area (Å²) in [6, 6.07) is 11.0. The molecule has 2 aromatic rings. The zero-order valence-corrected chi connectivity index (χ0v) is 23.2. The first-order chi connectivity index (χ1) is 19.5. The number of piperazine rings is 1. The molecule has 0 aliphatic carbocycles. The van der Waals surface area contributed by atoms with Crippen molar-refractivity contribution in [3.63, 3.8) is 0 Å². The van der Waals surface area contributed by atoms with Gasteiger partial charge in [-0.05, 0) is 42.8 Å². The normalized spacial score (nSPS) is 14.3. The van der Waals surface area contributed by atoms with E-state index in [-0.39, 0.29) is 55.8 Å². The van der Waals surface area contributed by atoms with Crippen LogP contribution in [0.25, 0.3) is 0 Å². The fraction of sp³-hybridized carbons (Fsp3) is 0.269. The Bertz CT molecular complexity index is 1360. The number of aliphatic imine (C=N–C) groups is 1. The van der Waals surface area contributed by atoms with Crippen molar-refractivity contribution in [2.24, 2.45) is 22.2 Å². The van der Waals surface area contributed by atoms with E-state index in [0.717, 1.165) is 4.90 Å². The summed E-state index contributed by atoms with van der Waals surface area (Å²) in [6.45, 7) is -0.887. The summed E-state index contributed by atoms with van der Waals surface area (Å²) in [7, 11) is 0. The lowest BCUT2D eigenvalue weighted by atomic mass is 10.1. The second-order valence-electron chi connectivity index (χ2n) is 9.06. The fourth-order valence-electron chi connectivity index (χ4n) is 4.16. The number of hydrogen-bond donors (Lipinski definition) is 7. The van der Waals surface area contributed by atoms with Gasteiger partial charge in [-0.25, -0.2) is 4.99 Å². The number of carboxylic acid groups (broad SMARTS) is 1. The van der Waals surface area contributed by atoms with Crippen LogP contribution in [0.1, 0.15) is 32.7 Å². The lowest BCUT2D eigenvalue weighted by Crippen LogP contribution is -2.61. The van der Waals surface area contributed by atoms with Crippen LogP contribution in [-0.2, 0) is 14.4 Å². The molecule has 2 aromatic carbocycles. The number of nitrogens with one attached hydrogen (secondary N) is 3. The molecule has 16 heteroatoms. The predicted molar refractivity (Wildman–Crippen MR) is 156 cm³/mol. The Labute approximate surface area is 247 Å². The first-order valence-electron chi connectivity index (χ1n) is 12.5. The average molecular weight is 602 g/mol. The van der Waals surface area contributed by atoms with E-state index in [4.69, 9.17) is 27.7 Å². The Hall–Kier alpha value is -5.18. The van der Waals surface area contributed by atoms with E-state index < -0.39 is 48.7 Å². The van der Waals surface area contributed by atoms with Gasteiger partial charge in [0.2, 0.25) is 11.8 Å². The molecule has 1 atom stereocenters. The molecule has 1 heterocycles. The molecule has 15 nitrogen and oxygen atoms in total. The van der Waals surface area contributed by atoms with Crippen molar-refractivity contribution in [1.29, 1.82) is 5.41 Å². The highest BCUT2D eigenvalue weighted by atomic mass is 35.5. The SMILES string of the molecule is Cl.N=C(N)c1ccc(C(=O)NCC(=O)N2CCN(CC(=O)O)C(=O)[C@@H]2CCNC(=O)c2ccc(N=C(N)N)cc2)cc1. The summed E-state index contributed by atoms with van der Waals surface area (Å²) in [5, 5.41) is 21.8. The largest absolute Gasteiger partial charge is 0.480 e. The molecular weight excluding hydrogens is 570 g/mol. The number of aliphatic carboxylic acids is 1. The Morgan fingerprint density at radius 1 is 0.905 bits per heavy atom. The van der Waals surface area contributed by atoms with Crippen molar-refractivity contribution in [2.45, 2.75) is 12.5 Å². The summed E-state index contributed by atoms with van der Waals surface area (Å²) in [6.07, 6.45) is 0.0129. The molecular formula is C26H32ClN9O6. The topological polar surface area (TPSA) is 250 Å². The third-order valence-corrected chi connectivity index (χ3v) is 6.18. The zero-order chi connectivity index (χ0) is 30.1. The summed E-state index contributed by atoms with van der Waals surface area (Å²) in [5.74, 6) is -3.58. The monoisotopic (exact) mass is 601 g/mol. The number of carbonyl (C=O) groups is 5. The van der Waals surface area contributed by atoms with Gasteiger partial charge in [0.1, 0.15) is 18.4 Å². The third-order valence-electron chi connectivity index (χ3n) is 6.18. The van der Waals surface area contributed by atoms with Gasteiger partial charge in [-0.2, -0.15) is 0 Å². The van der Waals surface area contributed by atoms with E-state index in [1.54, 1.807) is 12.1 Å². The van der Waals surface area contributed by atoms with Crippen LogP contribution in [0.4, 0.5) is 5.69 Å². The minimum Gasteiger partial charge on any atom is -0.480 e. The average Bonchev–Trinajstić information content (AvgIpc) is 2.93. The molecule has 224 valence electrons. The van der Waals surface area contributed by atoms with Gasteiger partial charge in [0, 0.05) is 36.3 Å². The van der Waals surface area contributed by atoms with Crippen molar-refractivity contribution < 1.29 is 29.1 Å². The maximum atomic E-state index is 13.1. The van der Waals surface area contributed by atoms with Crippen LogP contribution in [0, 0.1) is 5.41 Å². The summed E-state index contributed by atoms with van der Waals surface area (Å²) in [4.78, 5) is 68.8. The molecule has 0 spiro atoms. The maximum absolute atomic E-state index is 13.1. The highest BCUT2D eigenvalue weighted by molar-refractivity contribution is 6.00. The highest BCUT2D eigenvalue weighted by Crippen LogP contribution is 2.16. The van der Waals surface area contributed by atoms with Gasteiger partial charge in [0.05, 0.1) is 12.2 Å². The number of carbonyl (C=O) groups excluding carboxylic acids is 4. The Morgan fingerprint density at radius 2 is 1.45 bits per heavy atom. The van der Waals surface area contributed by atoms with Crippen LogP contribution in [0.2, 0.25) is 0 Å². The molecule has 1 aliphatic rings. The van der Waals surface area contributed by atoms with Gasteiger partial charge in [-0.15, -0.1) is 12.4 Å². The number of benzene rings is 2. The summed E-state index contributed by atoms with van der Waals surface area (Å²) in [5.41, 5.74) is 17.6. The fourth-order valence-corrected chi connectivity index (χ4v) is 4.16. The first-order valence-corrected chi connectivity index (χ1v) is 12.5. The van der Waals surface area contributed by atoms with Crippen LogP contribution >= 0.6 is 12.4 Å². The molecule has 42 heavy (non-hydrogen) atoms. The van der Waals surface area contributed by atoms with Crippen molar-refractivity contribution in [3.05, 3.63) is 65.2 Å². The zero-order valence-electron chi connectivity index (χ0n) is 22.4. The van der Waals surface area contributed by atoms with Gasteiger partial charge in [0.25, 0.3) is 11.8 Å². The maximum Gasteiger partial charge on any atom is 0.323 e. The van der Waals surface area contributed by atoms with Gasteiger partial charge in [0.15, 0.2) is 5.96 Å². The molecule has 0 unspecified atom stereocenters. The molecule has 0 aromatic heterocycles. The number of amides is 4. The van der Waals surface area contributed by atoms with Crippen LogP contribution in [0.15, 0.2) is 53.5 Å². The third kappa shape index (κ3) is 8.92. The van der Waals surface area contributed by atoms with Gasteiger partial charge in [-0.1, -0.05) is 12.1 Å². The van der Waals surface area contributed by atoms with Gasteiger partial charge < -0.3 is 42.7 Å². The minimum atomic E-state index is -1.20. The molecule has 0 saturated carbocycles. The van der Waals surface area contributed by atoms with Crippen molar-refractivity contribution in [2.75, 3.05) is 32.7 Å². The second kappa shape index (κ2) is 15.0. The van der Waals surface area contributed by atoms with E-state index in [9.17, 15) is 24.0 Å². The molecule has 0 radical (unpaired) electrons. The van der Waals surface area contributed by atoms with E-state index >= 15 is 0 Å².